The van der Waals surface area contributed by atoms with Crippen LogP contribution in [0.4, 0.5) is 0 Å². The van der Waals surface area contributed by atoms with Gasteiger partial charge in [0.2, 0.25) is 0 Å². The maximum absolute atomic E-state index is 5.50. The Kier molecular flexibility index (Phi) is 8.04. The van der Waals surface area contributed by atoms with Crippen LogP contribution in [0.5, 0.6) is 0 Å². The van der Waals surface area contributed by atoms with Crippen LogP contribution in [0.2, 0.25) is 0 Å². The number of hydrogen-bond donors (Lipinski definition) is 1. The molecule has 0 amide bonds. The van der Waals surface area contributed by atoms with Gasteiger partial charge in [-0.25, -0.2) is 0 Å². The zero-order valence-corrected chi connectivity index (χ0v) is 18.0. The van der Waals surface area contributed by atoms with E-state index in [4.69, 9.17) is 9.73 Å². The van der Waals surface area contributed by atoms with Crippen molar-refractivity contribution in [2.24, 2.45) is 10.9 Å². The Morgan fingerprint density at radius 2 is 2.03 bits per heavy atom. The molecule has 1 aromatic carbocycles. The van der Waals surface area contributed by atoms with Gasteiger partial charge in [0, 0.05) is 52.2 Å². The molecule has 1 atom stereocenters. The Morgan fingerprint density at radius 1 is 1.24 bits per heavy atom. The fraction of sp³-hybridized carbons (Fsp3) is 0.591. The summed E-state index contributed by atoms with van der Waals surface area (Å²) >= 11 is 0. The summed E-state index contributed by atoms with van der Waals surface area (Å²) in [6.45, 7) is 9.18. The number of guanidine groups is 1. The standard InChI is InChI=1S/C22H34N6O/c1-4-18-6-8-19(9-7-18)15-27(3)22(24-14-20-10-13-29-16-20)23-11-12-28-17-25-26-21(28)5-2/h6-9,17,20H,4-5,10-16H2,1-3H3,(H,23,24). The molecule has 1 aliphatic rings. The van der Waals surface area contributed by atoms with E-state index in [1.54, 1.807) is 6.33 Å². The highest BCUT2D eigenvalue weighted by molar-refractivity contribution is 5.79. The van der Waals surface area contributed by atoms with E-state index in [0.717, 1.165) is 70.4 Å². The first-order chi connectivity index (χ1) is 14.2. The molecule has 2 heterocycles. The number of rotatable bonds is 9. The summed E-state index contributed by atoms with van der Waals surface area (Å²) in [7, 11) is 2.10. The third kappa shape index (κ3) is 6.29. The minimum Gasteiger partial charge on any atom is -0.381 e. The molecular weight excluding hydrogens is 364 g/mol. The van der Waals surface area contributed by atoms with E-state index in [1.807, 2.05) is 0 Å². The summed E-state index contributed by atoms with van der Waals surface area (Å²) in [5.74, 6) is 2.47. The normalized spacial score (nSPS) is 16.9. The van der Waals surface area contributed by atoms with Crippen LogP contribution in [0.15, 0.2) is 35.6 Å². The van der Waals surface area contributed by atoms with Crippen LogP contribution < -0.4 is 5.32 Å². The third-order valence-corrected chi connectivity index (χ3v) is 5.38. The first-order valence-corrected chi connectivity index (χ1v) is 10.7. The Hall–Kier alpha value is -2.41. The Bertz CT molecular complexity index is 764. The van der Waals surface area contributed by atoms with Crippen LogP contribution in [0.25, 0.3) is 0 Å². The lowest BCUT2D eigenvalue weighted by Crippen LogP contribution is -2.40. The molecule has 158 valence electrons. The van der Waals surface area contributed by atoms with Crippen molar-refractivity contribution in [3.05, 3.63) is 47.5 Å². The molecule has 0 spiro atoms. The van der Waals surface area contributed by atoms with Gasteiger partial charge in [0.1, 0.15) is 12.2 Å². The molecular formula is C22H34N6O. The molecule has 29 heavy (non-hydrogen) atoms. The van der Waals surface area contributed by atoms with Crippen LogP contribution in [0.3, 0.4) is 0 Å². The number of hydrogen-bond acceptors (Lipinski definition) is 4. The number of nitrogens with one attached hydrogen (secondary N) is 1. The van der Waals surface area contributed by atoms with E-state index in [2.05, 4.69) is 70.1 Å². The summed E-state index contributed by atoms with van der Waals surface area (Å²) in [5, 5.41) is 11.7. The maximum atomic E-state index is 5.50. The maximum Gasteiger partial charge on any atom is 0.194 e. The third-order valence-electron chi connectivity index (χ3n) is 5.38. The molecule has 1 fully saturated rings. The van der Waals surface area contributed by atoms with Gasteiger partial charge in [0.05, 0.1) is 6.61 Å². The van der Waals surface area contributed by atoms with Gasteiger partial charge in [-0.05, 0) is 24.0 Å². The van der Waals surface area contributed by atoms with Crippen molar-refractivity contribution in [1.29, 1.82) is 0 Å². The second kappa shape index (κ2) is 11.0. The van der Waals surface area contributed by atoms with E-state index < -0.39 is 0 Å². The summed E-state index contributed by atoms with van der Waals surface area (Å²) in [6, 6.07) is 8.84. The Balaban J connectivity index is 1.61. The van der Waals surface area contributed by atoms with E-state index in [-0.39, 0.29) is 0 Å². The predicted molar refractivity (Wildman–Crippen MR) is 116 cm³/mol. The van der Waals surface area contributed by atoms with Crippen molar-refractivity contribution in [2.75, 3.05) is 33.4 Å². The molecule has 1 N–H and O–H groups in total. The topological polar surface area (TPSA) is 67.6 Å². The fourth-order valence-corrected chi connectivity index (χ4v) is 3.51. The van der Waals surface area contributed by atoms with Crippen molar-refractivity contribution in [3.63, 3.8) is 0 Å². The van der Waals surface area contributed by atoms with Crippen LogP contribution >= 0.6 is 0 Å². The first kappa shape index (κ1) is 21.3. The van der Waals surface area contributed by atoms with E-state index in [1.165, 1.54) is 11.1 Å². The van der Waals surface area contributed by atoms with Crippen molar-refractivity contribution >= 4 is 5.96 Å². The fourth-order valence-electron chi connectivity index (χ4n) is 3.51. The molecule has 3 rings (SSSR count). The molecule has 7 nitrogen and oxygen atoms in total. The Morgan fingerprint density at radius 3 is 2.72 bits per heavy atom. The first-order valence-electron chi connectivity index (χ1n) is 10.7. The van der Waals surface area contributed by atoms with Gasteiger partial charge in [-0.2, -0.15) is 0 Å². The molecule has 0 aliphatic carbocycles. The summed E-state index contributed by atoms with van der Waals surface area (Å²) in [5.41, 5.74) is 2.65. The minimum atomic E-state index is 0.522. The van der Waals surface area contributed by atoms with Gasteiger partial charge in [0.15, 0.2) is 5.96 Å². The minimum absolute atomic E-state index is 0.522. The lowest BCUT2D eigenvalue weighted by molar-refractivity contribution is 0.187. The molecule has 7 heteroatoms. The zero-order chi connectivity index (χ0) is 20.5. The number of aliphatic imine (C=N–C) groups is 1. The highest BCUT2D eigenvalue weighted by Gasteiger charge is 2.16. The zero-order valence-electron chi connectivity index (χ0n) is 18.0. The number of aromatic nitrogens is 3. The summed E-state index contributed by atoms with van der Waals surface area (Å²) in [4.78, 5) is 7.11. The molecule has 1 unspecified atom stereocenters. The monoisotopic (exact) mass is 398 g/mol. The van der Waals surface area contributed by atoms with Gasteiger partial charge < -0.3 is 19.5 Å². The van der Waals surface area contributed by atoms with E-state index in [0.29, 0.717) is 5.92 Å². The van der Waals surface area contributed by atoms with Gasteiger partial charge in [-0.1, -0.05) is 38.1 Å². The quantitative estimate of drug-likeness (QED) is 0.519. The average Bonchev–Trinajstić information content (AvgIpc) is 3.42. The van der Waals surface area contributed by atoms with E-state index >= 15 is 0 Å². The number of aryl methyl sites for hydroxylation is 2. The van der Waals surface area contributed by atoms with Crippen LogP contribution in [0.1, 0.15) is 37.2 Å². The van der Waals surface area contributed by atoms with Crippen LogP contribution in [0, 0.1) is 5.92 Å². The average molecular weight is 399 g/mol. The largest absolute Gasteiger partial charge is 0.381 e. The predicted octanol–water partition coefficient (Wildman–Crippen LogP) is 2.52. The number of nitrogens with zero attached hydrogens (tertiary/aromatic N) is 5. The number of ether oxygens (including phenoxy) is 1. The Labute approximate surface area is 174 Å². The van der Waals surface area contributed by atoms with Gasteiger partial charge in [-0.15, -0.1) is 10.2 Å². The molecule has 2 aromatic rings. The van der Waals surface area contributed by atoms with Crippen molar-refractivity contribution in [2.45, 2.75) is 46.2 Å². The van der Waals surface area contributed by atoms with E-state index in [9.17, 15) is 0 Å². The molecule has 1 aromatic heterocycles. The van der Waals surface area contributed by atoms with Gasteiger partial charge >= 0.3 is 0 Å². The van der Waals surface area contributed by atoms with Gasteiger partial charge in [-0.3, -0.25) is 4.99 Å². The molecule has 1 aliphatic heterocycles. The van der Waals surface area contributed by atoms with Gasteiger partial charge in [0.25, 0.3) is 0 Å². The molecule has 0 saturated carbocycles. The van der Waals surface area contributed by atoms with Crippen molar-refractivity contribution < 1.29 is 4.74 Å². The second-order valence-corrected chi connectivity index (χ2v) is 7.64. The summed E-state index contributed by atoms with van der Waals surface area (Å²) < 4.78 is 7.60. The molecule has 0 radical (unpaired) electrons. The second-order valence-electron chi connectivity index (χ2n) is 7.64. The lowest BCUT2D eigenvalue weighted by Gasteiger charge is -2.23. The van der Waals surface area contributed by atoms with Crippen molar-refractivity contribution in [3.8, 4) is 0 Å². The molecule has 1 saturated heterocycles. The number of benzene rings is 1. The highest BCUT2D eigenvalue weighted by atomic mass is 16.5. The lowest BCUT2D eigenvalue weighted by atomic mass is 10.1. The summed E-state index contributed by atoms with van der Waals surface area (Å²) in [6.07, 6.45) is 4.85. The highest BCUT2D eigenvalue weighted by Crippen LogP contribution is 2.13. The SMILES string of the molecule is CCc1ccc(CN(C)C(=NCC2CCOC2)NCCn2cnnc2CC)cc1. The van der Waals surface area contributed by atoms with Crippen LogP contribution in [-0.4, -0.2) is 59.0 Å². The smallest absolute Gasteiger partial charge is 0.194 e. The molecule has 0 bridgehead atoms. The van der Waals surface area contributed by atoms with Crippen molar-refractivity contribution in [1.82, 2.24) is 25.0 Å². The van der Waals surface area contributed by atoms with Crippen LogP contribution in [-0.2, 0) is 30.7 Å².